The Bertz CT molecular complexity index is 917. The van der Waals surface area contributed by atoms with Crippen LogP contribution in [0.4, 0.5) is 5.69 Å². The van der Waals surface area contributed by atoms with Crippen molar-refractivity contribution in [3.8, 4) is 0 Å². The molecule has 0 spiro atoms. The quantitative estimate of drug-likeness (QED) is 0.675. The van der Waals surface area contributed by atoms with Gasteiger partial charge in [0.25, 0.3) is 0 Å². The molecule has 1 aromatic carbocycles. The van der Waals surface area contributed by atoms with Crippen LogP contribution in [0.25, 0.3) is 22.3 Å². The van der Waals surface area contributed by atoms with Gasteiger partial charge in [0.05, 0.1) is 5.39 Å². The molecule has 0 unspecified atom stereocenters. The number of nitrogens with zero attached hydrogens (tertiary/aromatic N) is 3. The molecular formula is C17H19N3O2. The summed E-state index contributed by atoms with van der Waals surface area (Å²) in [6, 6.07) is 4.20. The monoisotopic (exact) mass is 297 g/mol. The van der Waals surface area contributed by atoms with E-state index in [9.17, 15) is 0 Å². The third kappa shape index (κ3) is 1.62. The molecule has 0 N–H and O–H groups in total. The lowest BCUT2D eigenvalue weighted by molar-refractivity contribution is 0.253. The summed E-state index contributed by atoms with van der Waals surface area (Å²) in [4.78, 5) is 8.86. The molecule has 5 heteroatoms. The summed E-state index contributed by atoms with van der Waals surface area (Å²) >= 11 is 0. The van der Waals surface area contributed by atoms with Crippen molar-refractivity contribution in [2.75, 3.05) is 11.9 Å². The molecule has 5 nitrogen and oxygen atoms in total. The van der Waals surface area contributed by atoms with E-state index in [2.05, 4.69) is 67.1 Å². The average molecular weight is 297 g/mol. The Balaban J connectivity index is 1.92. The van der Waals surface area contributed by atoms with Gasteiger partial charge >= 0.3 is 5.78 Å². The van der Waals surface area contributed by atoms with Crippen LogP contribution >= 0.6 is 0 Å². The summed E-state index contributed by atoms with van der Waals surface area (Å²) in [6.07, 6.45) is 4.19. The van der Waals surface area contributed by atoms with E-state index in [1.807, 2.05) is 6.92 Å². The van der Waals surface area contributed by atoms with Gasteiger partial charge in [-0.05, 0) is 32.4 Å². The molecule has 0 saturated carbocycles. The molecule has 3 heterocycles. The van der Waals surface area contributed by atoms with Crippen LogP contribution in [-0.2, 0) is 0 Å². The maximum absolute atomic E-state index is 5.83. The van der Waals surface area contributed by atoms with E-state index in [0.717, 1.165) is 22.2 Å². The highest BCUT2D eigenvalue weighted by molar-refractivity contribution is 6.02. The number of aromatic nitrogens is 1. The van der Waals surface area contributed by atoms with E-state index in [0.29, 0.717) is 11.7 Å². The Morgan fingerprint density at radius 1 is 1.09 bits per heavy atom. The van der Waals surface area contributed by atoms with Gasteiger partial charge in [0.2, 0.25) is 0 Å². The Morgan fingerprint density at radius 3 is 2.55 bits per heavy atom. The fraction of sp³-hybridized carbons (Fsp3) is 0.353. The summed E-state index contributed by atoms with van der Waals surface area (Å²) in [6.45, 7) is 8.32. The molecule has 0 atom stereocenters. The van der Waals surface area contributed by atoms with Crippen LogP contribution in [0, 0.1) is 13.8 Å². The molecule has 0 aliphatic carbocycles. The van der Waals surface area contributed by atoms with Crippen LogP contribution in [-0.4, -0.2) is 22.6 Å². The molecule has 0 fully saturated rings. The van der Waals surface area contributed by atoms with Crippen molar-refractivity contribution in [1.82, 2.24) is 9.88 Å². The molecule has 1 aliphatic rings. The first-order valence-corrected chi connectivity index (χ1v) is 7.39. The van der Waals surface area contributed by atoms with Gasteiger partial charge in [-0.25, -0.2) is 4.98 Å². The number of hydrogen-bond donors (Lipinski definition) is 0. The van der Waals surface area contributed by atoms with Crippen molar-refractivity contribution in [2.45, 2.75) is 33.4 Å². The lowest BCUT2D eigenvalue weighted by atomic mass is 10.1. The van der Waals surface area contributed by atoms with Gasteiger partial charge in [-0.15, -0.1) is 0 Å². The highest BCUT2D eigenvalue weighted by Crippen LogP contribution is 2.38. The van der Waals surface area contributed by atoms with E-state index < -0.39 is 0 Å². The second kappa shape index (κ2) is 4.06. The zero-order chi connectivity index (χ0) is 15.6. The standard InChI is InChI=1S/C17H19N3O2/c1-10-8-12-14(22-16-15(12)18-11(2)21-16)9-13(10)20-7-6-19(5)17(20,3)4/h6-9H,1-5H3. The van der Waals surface area contributed by atoms with Crippen molar-refractivity contribution >= 4 is 28.0 Å². The summed E-state index contributed by atoms with van der Waals surface area (Å²) in [5, 5.41) is 1.00. The number of rotatable bonds is 1. The van der Waals surface area contributed by atoms with Gasteiger partial charge in [0.1, 0.15) is 11.2 Å². The lowest BCUT2D eigenvalue weighted by Crippen LogP contribution is -2.46. The van der Waals surface area contributed by atoms with Crippen LogP contribution in [0.2, 0.25) is 0 Å². The highest BCUT2D eigenvalue weighted by Gasteiger charge is 2.34. The van der Waals surface area contributed by atoms with Gasteiger partial charge in [0.15, 0.2) is 11.4 Å². The van der Waals surface area contributed by atoms with Crippen LogP contribution in [0.3, 0.4) is 0 Å². The largest absolute Gasteiger partial charge is 0.424 e. The van der Waals surface area contributed by atoms with Crippen molar-refractivity contribution in [3.05, 3.63) is 36.0 Å². The molecule has 114 valence electrons. The molecule has 1 aliphatic heterocycles. The smallest absolute Gasteiger partial charge is 0.319 e. The van der Waals surface area contributed by atoms with E-state index in [1.54, 1.807) is 0 Å². The van der Waals surface area contributed by atoms with Crippen molar-refractivity contribution in [3.63, 3.8) is 0 Å². The van der Waals surface area contributed by atoms with E-state index in [1.165, 1.54) is 5.56 Å². The first-order chi connectivity index (χ1) is 10.4. The molecule has 2 aromatic heterocycles. The summed E-state index contributed by atoms with van der Waals surface area (Å²) in [5.74, 6) is 1.13. The first-order valence-electron chi connectivity index (χ1n) is 7.39. The number of aryl methyl sites for hydroxylation is 2. The van der Waals surface area contributed by atoms with E-state index in [-0.39, 0.29) is 5.66 Å². The molecule has 3 aromatic rings. The SMILES string of the molecule is Cc1nc2c(o1)oc1cc(N3C=CN(C)C3(C)C)c(C)cc12. The zero-order valence-corrected chi connectivity index (χ0v) is 13.5. The van der Waals surface area contributed by atoms with Crippen LogP contribution in [0.15, 0.2) is 33.4 Å². The minimum Gasteiger partial charge on any atom is -0.424 e. The van der Waals surface area contributed by atoms with Crippen molar-refractivity contribution in [1.29, 1.82) is 0 Å². The number of benzene rings is 1. The molecular weight excluding hydrogens is 278 g/mol. The average Bonchev–Trinajstić information content (AvgIpc) is 3.02. The third-order valence-corrected chi connectivity index (χ3v) is 4.61. The molecule has 0 saturated heterocycles. The Labute approximate surface area is 128 Å². The molecule has 0 amide bonds. The van der Waals surface area contributed by atoms with Gasteiger partial charge in [0, 0.05) is 38.1 Å². The van der Waals surface area contributed by atoms with Gasteiger partial charge < -0.3 is 18.6 Å². The van der Waals surface area contributed by atoms with Crippen molar-refractivity contribution < 1.29 is 8.83 Å². The topological polar surface area (TPSA) is 45.7 Å². The second-order valence-electron chi connectivity index (χ2n) is 6.38. The van der Waals surface area contributed by atoms with Crippen LogP contribution in [0.1, 0.15) is 25.3 Å². The summed E-state index contributed by atoms with van der Waals surface area (Å²) in [7, 11) is 2.08. The Kier molecular flexibility index (Phi) is 2.45. The number of hydrogen-bond acceptors (Lipinski definition) is 5. The van der Waals surface area contributed by atoms with Gasteiger partial charge in [-0.2, -0.15) is 0 Å². The zero-order valence-electron chi connectivity index (χ0n) is 13.5. The molecule has 4 rings (SSSR count). The van der Waals surface area contributed by atoms with Gasteiger partial charge in [-0.3, -0.25) is 0 Å². The van der Waals surface area contributed by atoms with E-state index >= 15 is 0 Å². The predicted molar refractivity (Wildman–Crippen MR) is 86.7 cm³/mol. The summed E-state index contributed by atoms with van der Waals surface area (Å²) < 4.78 is 11.3. The number of furan rings is 1. The maximum atomic E-state index is 5.83. The fourth-order valence-corrected chi connectivity index (χ4v) is 3.03. The Morgan fingerprint density at radius 2 is 1.86 bits per heavy atom. The number of oxazole rings is 1. The predicted octanol–water partition coefficient (Wildman–Crippen LogP) is 4.15. The number of anilines is 1. The normalized spacial score (nSPS) is 17.3. The minimum atomic E-state index is -0.112. The molecule has 0 bridgehead atoms. The van der Waals surface area contributed by atoms with Crippen LogP contribution in [0.5, 0.6) is 0 Å². The van der Waals surface area contributed by atoms with Crippen LogP contribution < -0.4 is 4.90 Å². The summed E-state index contributed by atoms with van der Waals surface area (Å²) in [5.41, 5.74) is 3.81. The Hall–Kier alpha value is -2.43. The molecule has 22 heavy (non-hydrogen) atoms. The highest BCUT2D eigenvalue weighted by atomic mass is 16.5. The minimum absolute atomic E-state index is 0.112. The van der Waals surface area contributed by atoms with E-state index in [4.69, 9.17) is 8.83 Å². The van der Waals surface area contributed by atoms with Gasteiger partial charge in [-0.1, -0.05) is 0 Å². The third-order valence-electron chi connectivity index (χ3n) is 4.61. The van der Waals surface area contributed by atoms with Crippen molar-refractivity contribution in [2.24, 2.45) is 0 Å². The number of fused-ring (bicyclic) bond motifs is 3. The lowest BCUT2D eigenvalue weighted by Gasteiger charge is -2.39. The molecule has 0 radical (unpaired) electrons. The fourth-order valence-electron chi connectivity index (χ4n) is 3.03. The first kappa shape index (κ1) is 13.2. The maximum Gasteiger partial charge on any atom is 0.319 e. The second-order valence-corrected chi connectivity index (χ2v) is 6.38.